The SMILES string of the molecule is CCCn1c(C(=O)N2CCOCC2)cc2cc(F)ccc2c1=O. The van der Waals surface area contributed by atoms with Crippen LogP contribution in [0, 0.1) is 5.82 Å². The Labute approximate surface area is 133 Å². The van der Waals surface area contributed by atoms with Gasteiger partial charge in [-0.3, -0.25) is 9.59 Å². The molecule has 3 rings (SSSR count). The van der Waals surface area contributed by atoms with Crippen molar-refractivity contribution in [3.8, 4) is 0 Å². The van der Waals surface area contributed by atoms with Crippen molar-refractivity contribution >= 4 is 16.7 Å². The van der Waals surface area contributed by atoms with E-state index in [1.807, 2.05) is 6.92 Å². The molecule has 5 nitrogen and oxygen atoms in total. The van der Waals surface area contributed by atoms with Gasteiger partial charge in [0, 0.05) is 25.0 Å². The Bertz CT molecular complexity index is 794. The highest BCUT2D eigenvalue weighted by Gasteiger charge is 2.22. The quantitative estimate of drug-likeness (QED) is 0.870. The van der Waals surface area contributed by atoms with Crippen LogP contribution in [0.25, 0.3) is 10.8 Å². The number of carbonyl (C=O) groups excluding carboxylic acids is 1. The molecule has 0 N–H and O–H groups in total. The zero-order valence-corrected chi connectivity index (χ0v) is 13.0. The highest BCUT2D eigenvalue weighted by molar-refractivity contribution is 5.96. The number of hydrogen-bond acceptors (Lipinski definition) is 3. The largest absolute Gasteiger partial charge is 0.378 e. The van der Waals surface area contributed by atoms with Gasteiger partial charge in [-0.1, -0.05) is 6.92 Å². The molecular formula is C17H19FN2O3. The van der Waals surface area contributed by atoms with Crippen LogP contribution >= 0.6 is 0 Å². The van der Waals surface area contributed by atoms with Crippen LogP contribution in [-0.4, -0.2) is 41.7 Å². The Morgan fingerprint density at radius 3 is 2.70 bits per heavy atom. The van der Waals surface area contributed by atoms with Gasteiger partial charge in [-0.15, -0.1) is 0 Å². The lowest BCUT2D eigenvalue weighted by atomic mass is 10.1. The van der Waals surface area contributed by atoms with Gasteiger partial charge < -0.3 is 14.2 Å². The molecular weight excluding hydrogens is 299 g/mol. The van der Waals surface area contributed by atoms with Crippen LogP contribution in [-0.2, 0) is 11.3 Å². The lowest BCUT2D eigenvalue weighted by molar-refractivity contribution is 0.0295. The summed E-state index contributed by atoms with van der Waals surface area (Å²) in [4.78, 5) is 27.2. The van der Waals surface area contributed by atoms with Crippen molar-refractivity contribution in [1.29, 1.82) is 0 Å². The number of ether oxygens (including phenoxy) is 1. The first kappa shape index (κ1) is 15.7. The average Bonchev–Trinajstić information content (AvgIpc) is 2.57. The van der Waals surface area contributed by atoms with E-state index in [0.29, 0.717) is 49.3 Å². The number of pyridine rings is 1. The second-order valence-corrected chi connectivity index (χ2v) is 5.62. The van der Waals surface area contributed by atoms with Crippen molar-refractivity contribution in [3.63, 3.8) is 0 Å². The van der Waals surface area contributed by atoms with Gasteiger partial charge in [0.05, 0.1) is 13.2 Å². The fraction of sp³-hybridized carbons (Fsp3) is 0.412. The Morgan fingerprint density at radius 1 is 1.26 bits per heavy atom. The molecule has 0 aliphatic carbocycles. The molecule has 1 aliphatic rings. The smallest absolute Gasteiger partial charge is 0.270 e. The van der Waals surface area contributed by atoms with Gasteiger partial charge in [0.15, 0.2) is 0 Å². The molecule has 0 spiro atoms. The molecule has 1 amide bonds. The third kappa shape index (κ3) is 2.99. The molecule has 1 fully saturated rings. The van der Waals surface area contributed by atoms with Crippen LogP contribution in [0.1, 0.15) is 23.8 Å². The summed E-state index contributed by atoms with van der Waals surface area (Å²) < 4.78 is 20.2. The fourth-order valence-electron chi connectivity index (χ4n) is 2.88. The minimum atomic E-state index is -0.421. The summed E-state index contributed by atoms with van der Waals surface area (Å²) in [6.45, 7) is 4.39. The van der Waals surface area contributed by atoms with Crippen molar-refractivity contribution < 1.29 is 13.9 Å². The van der Waals surface area contributed by atoms with Crippen molar-refractivity contribution in [2.24, 2.45) is 0 Å². The Kier molecular flexibility index (Phi) is 4.43. The van der Waals surface area contributed by atoms with Gasteiger partial charge in [-0.2, -0.15) is 0 Å². The van der Waals surface area contributed by atoms with Crippen LogP contribution in [0.3, 0.4) is 0 Å². The number of halogens is 1. The number of aromatic nitrogens is 1. The van der Waals surface area contributed by atoms with E-state index in [9.17, 15) is 14.0 Å². The van der Waals surface area contributed by atoms with Crippen LogP contribution in [0.5, 0.6) is 0 Å². The molecule has 1 saturated heterocycles. The molecule has 122 valence electrons. The monoisotopic (exact) mass is 318 g/mol. The molecule has 0 radical (unpaired) electrons. The lowest BCUT2D eigenvalue weighted by Gasteiger charge is -2.28. The van der Waals surface area contributed by atoms with E-state index in [1.54, 1.807) is 11.0 Å². The predicted molar refractivity (Wildman–Crippen MR) is 85.2 cm³/mol. The molecule has 0 unspecified atom stereocenters. The van der Waals surface area contributed by atoms with E-state index >= 15 is 0 Å². The maximum atomic E-state index is 13.5. The number of rotatable bonds is 3. The van der Waals surface area contributed by atoms with E-state index in [1.165, 1.54) is 22.8 Å². The van der Waals surface area contributed by atoms with Crippen LogP contribution in [0.15, 0.2) is 29.1 Å². The van der Waals surface area contributed by atoms with Crippen LogP contribution < -0.4 is 5.56 Å². The Hall–Kier alpha value is -2.21. The third-order valence-electron chi connectivity index (χ3n) is 4.04. The fourth-order valence-corrected chi connectivity index (χ4v) is 2.88. The zero-order chi connectivity index (χ0) is 16.4. The summed E-state index contributed by atoms with van der Waals surface area (Å²) in [7, 11) is 0. The summed E-state index contributed by atoms with van der Waals surface area (Å²) in [6, 6.07) is 5.65. The predicted octanol–water partition coefficient (Wildman–Crippen LogP) is 2.02. The van der Waals surface area contributed by atoms with Gasteiger partial charge in [-0.25, -0.2) is 4.39 Å². The molecule has 1 aromatic carbocycles. The van der Waals surface area contributed by atoms with Gasteiger partial charge in [-0.05, 0) is 36.1 Å². The minimum absolute atomic E-state index is 0.204. The Balaban J connectivity index is 2.14. The second kappa shape index (κ2) is 6.50. The molecule has 0 saturated carbocycles. The second-order valence-electron chi connectivity index (χ2n) is 5.62. The van der Waals surface area contributed by atoms with Crippen LogP contribution in [0.2, 0.25) is 0 Å². The molecule has 1 aliphatic heterocycles. The van der Waals surface area contributed by atoms with E-state index in [2.05, 4.69) is 0 Å². The van der Waals surface area contributed by atoms with Gasteiger partial charge in [0.2, 0.25) is 0 Å². The first-order valence-corrected chi connectivity index (χ1v) is 7.82. The highest BCUT2D eigenvalue weighted by atomic mass is 19.1. The van der Waals surface area contributed by atoms with Crippen LogP contribution in [0.4, 0.5) is 4.39 Å². The van der Waals surface area contributed by atoms with Gasteiger partial charge >= 0.3 is 0 Å². The molecule has 6 heteroatoms. The number of fused-ring (bicyclic) bond motifs is 1. The summed E-state index contributed by atoms with van der Waals surface area (Å²) in [6.07, 6.45) is 0.732. The lowest BCUT2D eigenvalue weighted by Crippen LogP contribution is -2.42. The average molecular weight is 318 g/mol. The van der Waals surface area contributed by atoms with E-state index in [0.717, 1.165) is 6.42 Å². The number of hydrogen-bond donors (Lipinski definition) is 0. The third-order valence-corrected chi connectivity index (χ3v) is 4.04. The molecule has 1 aromatic heterocycles. The van der Waals surface area contributed by atoms with E-state index in [-0.39, 0.29) is 11.5 Å². The van der Waals surface area contributed by atoms with Crippen molar-refractivity contribution in [2.75, 3.05) is 26.3 Å². The molecule has 2 aromatic rings. The van der Waals surface area contributed by atoms with Gasteiger partial charge in [0.25, 0.3) is 11.5 Å². The molecule has 0 bridgehead atoms. The van der Waals surface area contributed by atoms with Crippen molar-refractivity contribution in [2.45, 2.75) is 19.9 Å². The van der Waals surface area contributed by atoms with E-state index < -0.39 is 5.82 Å². The number of benzene rings is 1. The standard InChI is InChI=1S/C17H19FN2O3/c1-2-5-20-15(17(22)19-6-8-23-9-7-19)11-12-10-13(18)3-4-14(12)16(20)21/h3-4,10-11H,2,5-9H2,1H3. The summed E-state index contributed by atoms with van der Waals surface area (Å²) >= 11 is 0. The molecule has 2 heterocycles. The number of morpholine rings is 1. The highest BCUT2D eigenvalue weighted by Crippen LogP contribution is 2.16. The van der Waals surface area contributed by atoms with E-state index in [4.69, 9.17) is 4.74 Å². The maximum Gasteiger partial charge on any atom is 0.270 e. The topological polar surface area (TPSA) is 51.5 Å². The van der Waals surface area contributed by atoms with Gasteiger partial charge in [0.1, 0.15) is 11.5 Å². The summed E-state index contributed by atoms with van der Waals surface area (Å²) in [5.41, 5.74) is 0.0674. The Morgan fingerprint density at radius 2 is 2.00 bits per heavy atom. The van der Waals surface area contributed by atoms with Crippen molar-refractivity contribution in [3.05, 3.63) is 46.1 Å². The number of carbonyl (C=O) groups is 1. The van der Waals surface area contributed by atoms with Crippen molar-refractivity contribution in [1.82, 2.24) is 9.47 Å². The normalized spacial score (nSPS) is 15.1. The maximum absolute atomic E-state index is 13.5. The number of nitrogens with zero attached hydrogens (tertiary/aromatic N) is 2. The molecule has 0 atom stereocenters. The first-order chi connectivity index (χ1) is 11.1. The minimum Gasteiger partial charge on any atom is -0.378 e. The number of amides is 1. The summed E-state index contributed by atoms with van der Waals surface area (Å²) in [5.74, 6) is -0.625. The molecule has 23 heavy (non-hydrogen) atoms. The summed E-state index contributed by atoms with van der Waals surface area (Å²) in [5, 5.41) is 0.886. The first-order valence-electron chi connectivity index (χ1n) is 7.82. The zero-order valence-electron chi connectivity index (χ0n) is 13.0.